The van der Waals surface area contributed by atoms with Gasteiger partial charge in [-0.1, -0.05) is 44.9 Å². The summed E-state index contributed by atoms with van der Waals surface area (Å²) in [5, 5.41) is 1.32. The first-order chi connectivity index (χ1) is 7.86. The fraction of sp³-hybridized carbons (Fsp3) is 0.467. The molecule has 0 unspecified atom stereocenters. The Bertz CT molecular complexity index is 453. The lowest BCUT2D eigenvalue weighted by Gasteiger charge is -2.00. The van der Waals surface area contributed by atoms with E-state index in [0.717, 1.165) is 18.4 Å². The van der Waals surface area contributed by atoms with Gasteiger partial charge in [-0.05, 0) is 18.9 Å². The van der Waals surface area contributed by atoms with Gasteiger partial charge in [0.05, 0.1) is 0 Å². The molecule has 0 amide bonds. The maximum atomic E-state index is 5.88. The van der Waals surface area contributed by atoms with Crippen LogP contribution in [-0.2, 0) is 12.8 Å². The van der Waals surface area contributed by atoms with Gasteiger partial charge in [0.1, 0.15) is 11.3 Å². The molecule has 0 spiro atoms. The minimum Gasteiger partial charge on any atom is -0.461 e. The van der Waals surface area contributed by atoms with Crippen molar-refractivity contribution in [3.05, 3.63) is 35.6 Å². The van der Waals surface area contributed by atoms with Gasteiger partial charge in [0.2, 0.25) is 0 Å². The quantitative estimate of drug-likeness (QED) is 0.659. The number of hydrogen-bond donors (Lipinski definition) is 0. The predicted octanol–water partition coefficient (Wildman–Crippen LogP) is 4.73. The highest BCUT2D eigenvalue weighted by molar-refractivity contribution is 5.82. The van der Waals surface area contributed by atoms with E-state index < -0.39 is 0 Å². The zero-order valence-corrected chi connectivity index (χ0v) is 10.3. The standard InChI is InChI=1S/C15H20O/c1-3-5-6-9-12-13-10-7-8-11-15(13)16-14(12)4-2/h7-8,10-11H,3-6,9H2,1-2H3. The number of hydrogen-bond acceptors (Lipinski definition) is 1. The van der Waals surface area contributed by atoms with Crippen molar-refractivity contribution in [1.82, 2.24) is 0 Å². The average Bonchev–Trinajstić information content (AvgIpc) is 2.68. The van der Waals surface area contributed by atoms with Crippen molar-refractivity contribution in [1.29, 1.82) is 0 Å². The number of benzene rings is 1. The Hall–Kier alpha value is -1.24. The number of rotatable bonds is 5. The van der Waals surface area contributed by atoms with Crippen LogP contribution in [0.4, 0.5) is 0 Å². The van der Waals surface area contributed by atoms with Crippen LogP contribution in [0.15, 0.2) is 28.7 Å². The third kappa shape index (κ3) is 2.13. The zero-order chi connectivity index (χ0) is 11.4. The summed E-state index contributed by atoms with van der Waals surface area (Å²) >= 11 is 0. The Balaban J connectivity index is 2.32. The summed E-state index contributed by atoms with van der Waals surface area (Å²) in [6.45, 7) is 4.41. The molecule has 0 aliphatic carbocycles. The van der Waals surface area contributed by atoms with E-state index in [1.54, 1.807) is 0 Å². The van der Waals surface area contributed by atoms with Crippen molar-refractivity contribution in [2.24, 2.45) is 0 Å². The van der Waals surface area contributed by atoms with E-state index in [9.17, 15) is 0 Å². The van der Waals surface area contributed by atoms with Crippen LogP contribution < -0.4 is 0 Å². The number of para-hydroxylation sites is 1. The summed E-state index contributed by atoms with van der Waals surface area (Å²) in [6, 6.07) is 8.39. The van der Waals surface area contributed by atoms with Crippen LogP contribution in [0.1, 0.15) is 44.4 Å². The monoisotopic (exact) mass is 216 g/mol. The maximum Gasteiger partial charge on any atom is 0.134 e. The van der Waals surface area contributed by atoms with Gasteiger partial charge < -0.3 is 4.42 Å². The molecule has 0 aliphatic heterocycles. The predicted molar refractivity (Wildman–Crippen MR) is 68.8 cm³/mol. The molecule has 1 aromatic heterocycles. The van der Waals surface area contributed by atoms with E-state index in [2.05, 4.69) is 32.0 Å². The average molecular weight is 216 g/mol. The zero-order valence-electron chi connectivity index (χ0n) is 10.3. The van der Waals surface area contributed by atoms with Crippen LogP contribution in [0.5, 0.6) is 0 Å². The second-order valence-corrected chi connectivity index (χ2v) is 4.31. The molecule has 0 aliphatic rings. The Labute approximate surface area is 97.5 Å². The summed E-state index contributed by atoms with van der Waals surface area (Å²) < 4.78 is 5.88. The molecule has 1 aromatic carbocycles. The van der Waals surface area contributed by atoms with Crippen molar-refractivity contribution in [3.8, 4) is 0 Å². The molecule has 1 heteroatoms. The molecule has 0 saturated carbocycles. The summed E-state index contributed by atoms with van der Waals surface area (Å²) in [4.78, 5) is 0. The van der Waals surface area contributed by atoms with E-state index in [-0.39, 0.29) is 0 Å². The molecular weight excluding hydrogens is 196 g/mol. The van der Waals surface area contributed by atoms with Crippen LogP contribution in [0.3, 0.4) is 0 Å². The molecule has 0 bridgehead atoms. The van der Waals surface area contributed by atoms with Crippen LogP contribution >= 0.6 is 0 Å². The highest BCUT2D eigenvalue weighted by atomic mass is 16.3. The molecule has 0 fully saturated rings. The van der Waals surface area contributed by atoms with E-state index in [4.69, 9.17) is 4.42 Å². The van der Waals surface area contributed by atoms with Crippen molar-refractivity contribution in [2.75, 3.05) is 0 Å². The maximum absolute atomic E-state index is 5.88. The molecule has 86 valence electrons. The molecule has 1 nitrogen and oxygen atoms in total. The molecule has 2 rings (SSSR count). The lowest BCUT2D eigenvalue weighted by Crippen LogP contribution is -1.89. The van der Waals surface area contributed by atoms with Crippen LogP contribution in [0.2, 0.25) is 0 Å². The minimum atomic E-state index is 0.996. The van der Waals surface area contributed by atoms with Crippen LogP contribution in [0.25, 0.3) is 11.0 Å². The number of furan rings is 1. The largest absolute Gasteiger partial charge is 0.461 e. The SMILES string of the molecule is CCCCCc1c(CC)oc2ccccc12. The van der Waals surface area contributed by atoms with Gasteiger partial charge in [0.15, 0.2) is 0 Å². The highest BCUT2D eigenvalue weighted by Crippen LogP contribution is 2.27. The number of unbranched alkanes of at least 4 members (excludes halogenated alkanes) is 2. The smallest absolute Gasteiger partial charge is 0.134 e. The molecule has 0 saturated heterocycles. The molecule has 1 heterocycles. The minimum absolute atomic E-state index is 0.996. The Morgan fingerprint density at radius 3 is 2.62 bits per heavy atom. The second-order valence-electron chi connectivity index (χ2n) is 4.31. The molecular formula is C15H20O. The van der Waals surface area contributed by atoms with Crippen LogP contribution in [0, 0.1) is 0 Å². The fourth-order valence-corrected chi connectivity index (χ4v) is 2.26. The van der Waals surface area contributed by atoms with Gasteiger partial charge in [-0.25, -0.2) is 0 Å². The lowest BCUT2D eigenvalue weighted by atomic mass is 10.0. The van der Waals surface area contributed by atoms with Crippen molar-refractivity contribution >= 4 is 11.0 Å². The summed E-state index contributed by atoms with van der Waals surface area (Å²) in [5.41, 5.74) is 2.48. The number of aryl methyl sites for hydroxylation is 2. The van der Waals surface area contributed by atoms with Gasteiger partial charge in [-0.2, -0.15) is 0 Å². The highest BCUT2D eigenvalue weighted by Gasteiger charge is 2.11. The molecule has 16 heavy (non-hydrogen) atoms. The van der Waals surface area contributed by atoms with E-state index in [1.807, 2.05) is 6.07 Å². The van der Waals surface area contributed by atoms with E-state index in [0.29, 0.717) is 0 Å². The van der Waals surface area contributed by atoms with Gasteiger partial charge in [0.25, 0.3) is 0 Å². The van der Waals surface area contributed by atoms with Gasteiger partial charge in [0, 0.05) is 17.4 Å². The van der Waals surface area contributed by atoms with Crippen molar-refractivity contribution < 1.29 is 4.42 Å². The third-order valence-corrected chi connectivity index (χ3v) is 3.13. The van der Waals surface area contributed by atoms with Gasteiger partial charge in [-0.15, -0.1) is 0 Å². The third-order valence-electron chi connectivity index (χ3n) is 3.13. The van der Waals surface area contributed by atoms with Crippen LogP contribution in [-0.4, -0.2) is 0 Å². The normalized spacial score (nSPS) is 11.1. The summed E-state index contributed by atoms with van der Waals surface area (Å²) in [5.74, 6) is 1.18. The first-order valence-electron chi connectivity index (χ1n) is 6.36. The molecule has 0 atom stereocenters. The molecule has 2 aromatic rings. The molecule has 0 N–H and O–H groups in total. The Morgan fingerprint density at radius 1 is 1.06 bits per heavy atom. The van der Waals surface area contributed by atoms with Crippen molar-refractivity contribution in [2.45, 2.75) is 46.0 Å². The Morgan fingerprint density at radius 2 is 1.88 bits per heavy atom. The molecule has 0 radical (unpaired) electrons. The second kappa shape index (κ2) is 5.20. The lowest BCUT2D eigenvalue weighted by molar-refractivity contribution is 0.547. The summed E-state index contributed by atoms with van der Waals surface area (Å²) in [6.07, 6.45) is 6.01. The van der Waals surface area contributed by atoms with Gasteiger partial charge in [-0.3, -0.25) is 0 Å². The topological polar surface area (TPSA) is 13.1 Å². The Kier molecular flexibility index (Phi) is 3.66. The van der Waals surface area contributed by atoms with Gasteiger partial charge >= 0.3 is 0 Å². The number of fused-ring (bicyclic) bond motifs is 1. The van der Waals surface area contributed by atoms with Crippen molar-refractivity contribution in [3.63, 3.8) is 0 Å². The first kappa shape index (κ1) is 11.3. The van der Waals surface area contributed by atoms with E-state index in [1.165, 1.54) is 36.0 Å². The van der Waals surface area contributed by atoms with E-state index >= 15 is 0 Å². The fourth-order valence-electron chi connectivity index (χ4n) is 2.26. The first-order valence-corrected chi connectivity index (χ1v) is 6.36. The summed E-state index contributed by atoms with van der Waals surface area (Å²) in [7, 11) is 0.